The second-order valence-electron chi connectivity index (χ2n) is 5.95. The molecule has 0 amide bonds. The van der Waals surface area contributed by atoms with Crippen LogP contribution >= 0.6 is 0 Å². The van der Waals surface area contributed by atoms with Crippen LogP contribution in [0.3, 0.4) is 0 Å². The molecule has 0 unspecified atom stereocenters. The van der Waals surface area contributed by atoms with Gasteiger partial charge < -0.3 is 9.84 Å². The van der Waals surface area contributed by atoms with Crippen LogP contribution in [0.15, 0.2) is 54.6 Å². The number of fused-ring (bicyclic) bond motifs is 1. The van der Waals surface area contributed by atoms with E-state index in [1.165, 1.54) is 0 Å². The monoisotopic (exact) mass is 306 g/mol. The minimum Gasteiger partial charge on any atom is -0.507 e. The fourth-order valence-electron chi connectivity index (χ4n) is 2.84. The van der Waals surface area contributed by atoms with E-state index in [0.717, 1.165) is 52.7 Å². The minimum absolute atomic E-state index is 0.346. The third-order valence-electron chi connectivity index (χ3n) is 4.08. The summed E-state index contributed by atoms with van der Waals surface area (Å²) in [4.78, 5) is 0. The molecule has 23 heavy (non-hydrogen) atoms. The molecular formula is C21H22O2. The van der Waals surface area contributed by atoms with Crippen LogP contribution in [-0.4, -0.2) is 5.11 Å². The van der Waals surface area contributed by atoms with Crippen molar-refractivity contribution in [1.29, 1.82) is 0 Å². The van der Waals surface area contributed by atoms with Crippen molar-refractivity contribution in [3.05, 3.63) is 65.7 Å². The van der Waals surface area contributed by atoms with Crippen molar-refractivity contribution in [2.75, 3.05) is 0 Å². The van der Waals surface area contributed by atoms with Crippen molar-refractivity contribution in [2.45, 2.75) is 33.1 Å². The summed E-state index contributed by atoms with van der Waals surface area (Å²) in [6.07, 6.45) is 2.92. The lowest BCUT2D eigenvalue weighted by molar-refractivity contribution is 0.446. The Bertz CT molecular complexity index is 821. The van der Waals surface area contributed by atoms with E-state index in [4.69, 9.17) is 4.74 Å². The normalized spacial score (nSPS) is 10.9. The average Bonchev–Trinajstić information content (AvgIpc) is 2.55. The van der Waals surface area contributed by atoms with Gasteiger partial charge in [-0.25, -0.2) is 0 Å². The van der Waals surface area contributed by atoms with Crippen molar-refractivity contribution >= 4 is 10.8 Å². The third kappa shape index (κ3) is 3.31. The van der Waals surface area contributed by atoms with Gasteiger partial charge in [-0.05, 0) is 48.9 Å². The van der Waals surface area contributed by atoms with Crippen LogP contribution in [0.5, 0.6) is 17.2 Å². The molecule has 3 rings (SSSR count). The number of aromatic hydroxyl groups is 1. The largest absolute Gasteiger partial charge is 0.507 e. The van der Waals surface area contributed by atoms with Gasteiger partial charge in [-0.3, -0.25) is 0 Å². The second-order valence-corrected chi connectivity index (χ2v) is 5.95. The maximum absolute atomic E-state index is 10.7. The average molecular weight is 306 g/mol. The lowest BCUT2D eigenvalue weighted by atomic mass is 10.00. The van der Waals surface area contributed by atoms with Crippen LogP contribution in [0.1, 0.15) is 30.9 Å². The van der Waals surface area contributed by atoms with Gasteiger partial charge in [-0.1, -0.05) is 49.7 Å². The standard InChI is InChI=1S/C21H22O2/c1-3-4-11-19-20(23-17-10-7-8-15(2)13-17)14-16-9-5-6-12-18(16)21(19)22/h5-10,12-14,22H,3-4,11H2,1-2H3. The Balaban J connectivity index is 2.09. The summed E-state index contributed by atoms with van der Waals surface area (Å²) in [7, 11) is 0. The molecule has 0 aliphatic carbocycles. The predicted molar refractivity (Wildman–Crippen MR) is 95.5 cm³/mol. The highest BCUT2D eigenvalue weighted by atomic mass is 16.5. The summed E-state index contributed by atoms with van der Waals surface area (Å²) >= 11 is 0. The molecule has 0 aromatic heterocycles. The van der Waals surface area contributed by atoms with Gasteiger partial charge >= 0.3 is 0 Å². The van der Waals surface area contributed by atoms with E-state index < -0.39 is 0 Å². The Hall–Kier alpha value is -2.48. The molecule has 0 aliphatic heterocycles. The summed E-state index contributed by atoms with van der Waals surface area (Å²) in [5.41, 5.74) is 2.05. The van der Waals surface area contributed by atoms with E-state index in [9.17, 15) is 5.11 Å². The predicted octanol–water partition coefficient (Wildman–Crippen LogP) is 5.99. The van der Waals surface area contributed by atoms with Crippen molar-refractivity contribution < 1.29 is 9.84 Å². The molecule has 0 aliphatic rings. The van der Waals surface area contributed by atoms with Crippen molar-refractivity contribution in [1.82, 2.24) is 0 Å². The maximum Gasteiger partial charge on any atom is 0.134 e. The van der Waals surface area contributed by atoms with Crippen LogP contribution < -0.4 is 4.74 Å². The molecule has 2 heteroatoms. The number of ether oxygens (including phenoxy) is 1. The first-order valence-corrected chi connectivity index (χ1v) is 8.17. The molecule has 1 N–H and O–H groups in total. The molecule has 0 atom stereocenters. The van der Waals surface area contributed by atoms with E-state index in [1.54, 1.807) is 0 Å². The molecule has 0 radical (unpaired) electrons. The summed E-state index contributed by atoms with van der Waals surface area (Å²) < 4.78 is 6.12. The van der Waals surface area contributed by atoms with Crippen LogP contribution in [-0.2, 0) is 6.42 Å². The van der Waals surface area contributed by atoms with E-state index in [-0.39, 0.29) is 0 Å². The molecule has 0 spiro atoms. The number of phenols is 1. The van der Waals surface area contributed by atoms with Gasteiger partial charge in [-0.15, -0.1) is 0 Å². The summed E-state index contributed by atoms with van der Waals surface area (Å²) in [6, 6.07) is 17.9. The Morgan fingerprint density at radius 1 is 1.00 bits per heavy atom. The number of aryl methyl sites for hydroxylation is 1. The van der Waals surface area contributed by atoms with Crippen LogP contribution in [0.4, 0.5) is 0 Å². The van der Waals surface area contributed by atoms with E-state index in [2.05, 4.69) is 6.92 Å². The first kappa shape index (κ1) is 15.4. The maximum atomic E-state index is 10.7. The second kappa shape index (κ2) is 6.74. The quantitative estimate of drug-likeness (QED) is 0.627. The summed E-state index contributed by atoms with van der Waals surface area (Å²) in [5, 5.41) is 12.6. The van der Waals surface area contributed by atoms with Crippen LogP contribution in [0.25, 0.3) is 10.8 Å². The number of hydrogen-bond acceptors (Lipinski definition) is 2. The number of hydrogen-bond donors (Lipinski definition) is 1. The number of benzene rings is 3. The van der Waals surface area contributed by atoms with Gasteiger partial charge in [0.05, 0.1) is 0 Å². The van der Waals surface area contributed by atoms with Crippen molar-refractivity contribution in [3.63, 3.8) is 0 Å². The SMILES string of the molecule is CCCCc1c(Oc2cccc(C)c2)cc2ccccc2c1O. The molecular weight excluding hydrogens is 284 g/mol. The van der Waals surface area contributed by atoms with Crippen LogP contribution in [0.2, 0.25) is 0 Å². The van der Waals surface area contributed by atoms with Gasteiger partial charge in [0.2, 0.25) is 0 Å². The van der Waals surface area contributed by atoms with E-state index >= 15 is 0 Å². The van der Waals surface area contributed by atoms with E-state index in [1.807, 2.05) is 61.5 Å². The first-order valence-electron chi connectivity index (χ1n) is 8.17. The van der Waals surface area contributed by atoms with Crippen molar-refractivity contribution in [2.24, 2.45) is 0 Å². The zero-order valence-corrected chi connectivity index (χ0v) is 13.7. The molecule has 3 aromatic carbocycles. The number of unbranched alkanes of at least 4 members (excludes halogenated alkanes) is 1. The minimum atomic E-state index is 0.346. The van der Waals surface area contributed by atoms with Gasteiger partial charge in [0, 0.05) is 10.9 Å². The zero-order valence-electron chi connectivity index (χ0n) is 13.7. The Morgan fingerprint density at radius 3 is 2.61 bits per heavy atom. The fraction of sp³-hybridized carbons (Fsp3) is 0.238. The molecule has 0 heterocycles. The van der Waals surface area contributed by atoms with Crippen molar-refractivity contribution in [3.8, 4) is 17.2 Å². The van der Waals surface area contributed by atoms with E-state index in [0.29, 0.717) is 5.75 Å². The molecule has 118 valence electrons. The zero-order chi connectivity index (χ0) is 16.2. The summed E-state index contributed by atoms with van der Waals surface area (Å²) in [6.45, 7) is 4.20. The Kier molecular flexibility index (Phi) is 4.52. The number of rotatable bonds is 5. The van der Waals surface area contributed by atoms with Gasteiger partial charge in [-0.2, -0.15) is 0 Å². The Labute approximate surface area is 137 Å². The highest BCUT2D eigenvalue weighted by Gasteiger charge is 2.14. The highest BCUT2D eigenvalue weighted by molar-refractivity contribution is 5.91. The molecule has 0 bridgehead atoms. The molecule has 0 saturated carbocycles. The fourth-order valence-corrected chi connectivity index (χ4v) is 2.84. The first-order chi connectivity index (χ1) is 11.2. The molecule has 0 saturated heterocycles. The number of phenolic OH excluding ortho intramolecular Hbond substituents is 1. The van der Waals surface area contributed by atoms with Gasteiger partial charge in [0.15, 0.2) is 0 Å². The third-order valence-corrected chi connectivity index (χ3v) is 4.08. The molecule has 3 aromatic rings. The van der Waals surface area contributed by atoms with Gasteiger partial charge in [0.25, 0.3) is 0 Å². The topological polar surface area (TPSA) is 29.5 Å². The lowest BCUT2D eigenvalue weighted by Crippen LogP contribution is -1.94. The molecule has 2 nitrogen and oxygen atoms in total. The Morgan fingerprint density at radius 2 is 1.83 bits per heavy atom. The smallest absolute Gasteiger partial charge is 0.134 e. The van der Waals surface area contributed by atoms with Gasteiger partial charge in [0.1, 0.15) is 17.2 Å². The summed E-state index contributed by atoms with van der Waals surface area (Å²) in [5.74, 6) is 1.90. The highest BCUT2D eigenvalue weighted by Crippen LogP contribution is 2.39. The lowest BCUT2D eigenvalue weighted by Gasteiger charge is -2.15. The molecule has 0 fully saturated rings. The van der Waals surface area contributed by atoms with Crippen LogP contribution in [0, 0.1) is 6.92 Å².